The van der Waals surface area contributed by atoms with Gasteiger partial charge in [-0.05, 0) is 31.2 Å². The molecule has 3 rings (SSSR count). The van der Waals surface area contributed by atoms with Gasteiger partial charge in [0.05, 0.1) is 5.75 Å². The molecule has 0 radical (unpaired) electrons. The van der Waals surface area contributed by atoms with Crippen LogP contribution in [0, 0.1) is 0 Å². The lowest BCUT2D eigenvalue weighted by Crippen LogP contribution is -2.14. The van der Waals surface area contributed by atoms with Crippen LogP contribution in [0.5, 0.6) is 11.5 Å². The average Bonchev–Trinajstić information content (AvgIpc) is 3.07. The van der Waals surface area contributed by atoms with Gasteiger partial charge in [-0.1, -0.05) is 36.0 Å². The maximum atomic E-state index is 12.1. The van der Waals surface area contributed by atoms with Crippen molar-refractivity contribution in [2.75, 3.05) is 11.1 Å². The molecule has 0 unspecified atom stereocenters. The first kappa shape index (κ1) is 18.8. The molecular weight excluding hydrogens is 364 g/mol. The lowest BCUT2D eigenvalue weighted by Gasteiger charge is -2.09. The monoisotopic (exact) mass is 384 g/mol. The van der Waals surface area contributed by atoms with Gasteiger partial charge in [0, 0.05) is 18.3 Å². The van der Waals surface area contributed by atoms with Crippen LogP contribution in [-0.2, 0) is 17.9 Å². The number of thioether (sulfide) groups is 1. The van der Waals surface area contributed by atoms with E-state index in [2.05, 4.69) is 15.5 Å². The Bertz CT molecular complexity index is 899. The van der Waals surface area contributed by atoms with E-state index in [1.807, 2.05) is 41.8 Å². The molecule has 0 saturated carbocycles. The minimum Gasteiger partial charge on any atom is -0.508 e. The Balaban J connectivity index is 1.57. The number of ether oxygens (including phenoxy) is 1. The number of anilines is 1. The minimum absolute atomic E-state index is 0.106. The first-order valence-electron chi connectivity index (χ1n) is 8.47. The lowest BCUT2D eigenvalue weighted by molar-refractivity contribution is -0.113. The van der Waals surface area contributed by atoms with Gasteiger partial charge in [0.2, 0.25) is 5.91 Å². The van der Waals surface area contributed by atoms with Crippen molar-refractivity contribution in [3.05, 3.63) is 60.4 Å². The van der Waals surface area contributed by atoms with E-state index in [1.165, 1.54) is 17.8 Å². The summed E-state index contributed by atoms with van der Waals surface area (Å²) in [6.45, 7) is 2.98. The number of nitrogens with zero attached hydrogens (tertiary/aromatic N) is 3. The highest BCUT2D eigenvalue weighted by Gasteiger charge is 2.14. The second-order valence-corrected chi connectivity index (χ2v) is 6.57. The standard InChI is InChI=1S/C19H20N4O3S/c1-2-23-17(12-26-16-9-4-3-5-10-16)21-22-19(23)27-13-18(25)20-14-7-6-8-15(24)11-14/h3-11,24H,2,12-13H2,1H3,(H,20,25). The van der Waals surface area contributed by atoms with Crippen LogP contribution in [-0.4, -0.2) is 31.5 Å². The quantitative estimate of drug-likeness (QED) is 0.579. The molecule has 3 aromatic rings. The minimum atomic E-state index is -0.182. The zero-order chi connectivity index (χ0) is 19.1. The van der Waals surface area contributed by atoms with Gasteiger partial charge >= 0.3 is 0 Å². The molecular formula is C19H20N4O3S. The van der Waals surface area contributed by atoms with Gasteiger partial charge in [-0.2, -0.15) is 0 Å². The Kier molecular flexibility index (Phi) is 6.32. The Labute approximate surface area is 161 Å². The van der Waals surface area contributed by atoms with Crippen molar-refractivity contribution >= 4 is 23.4 Å². The zero-order valence-corrected chi connectivity index (χ0v) is 15.6. The van der Waals surface area contributed by atoms with Gasteiger partial charge in [0.1, 0.15) is 18.1 Å². The molecule has 0 fully saturated rings. The maximum absolute atomic E-state index is 12.1. The summed E-state index contributed by atoms with van der Waals surface area (Å²) in [7, 11) is 0. The summed E-state index contributed by atoms with van der Waals surface area (Å²) in [4.78, 5) is 12.1. The topological polar surface area (TPSA) is 89.3 Å². The van der Waals surface area contributed by atoms with E-state index in [0.29, 0.717) is 29.8 Å². The van der Waals surface area contributed by atoms with Gasteiger partial charge in [-0.25, -0.2) is 0 Å². The van der Waals surface area contributed by atoms with Crippen molar-refractivity contribution in [1.82, 2.24) is 14.8 Å². The van der Waals surface area contributed by atoms with Gasteiger partial charge in [-0.15, -0.1) is 10.2 Å². The summed E-state index contributed by atoms with van der Waals surface area (Å²) in [6, 6.07) is 15.9. The number of carbonyl (C=O) groups is 1. The molecule has 0 saturated heterocycles. The largest absolute Gasteiger partial charge is 0.508 e. The van der Waals surface area contributed by atoms with E-state index in [4.69, 9.17) is 4.74 Å². The highest BCUT2D eigenvalue weighted by Crippen LogP contribution is 2.20. The number of phenols is 1. The van der Waals surface area contributed by atoms with Gasteiger partial charge in [-0.3, -0.25) is 4.79 Å². The first-order chi connectivity index (χ1) is 13.2. The molecule has 27 heavy (non-hydrogen) atoms. The molecule has 0 spiro atoms. The third-order valence-electron chi connectivity index (χ3n) is 3.68. The summed E-state index contributed by atoms with van der Waals surface area (Å²) < 4.78 is 7.65. The third kappa shape index (κ3) is 5.24. The molecule has 0 atom stereocenters. The van der Waals surface area contributed by atoms with E-state index < -0.39 is 0 Å². The summed E-state index contributed by atoms with van der Waals surface area (Å²) in [5, 5.41) is 21.2. The van der Waals surface area contributed by atoms with Crippen LogP contribution >= 0.6 is 11.8 Å². The normalized spacial score (nSPS) is 10.6. The Morgan fingerprint density at radius 1 is 1.19 bits per heavy atom. The number of aromatic nitrogens is 3. The van der Waals surface area contributed by atoms with Gasteiger partial charge in [0.25, 0.3) is 0 Å². The van der Waals surface area contributed by atoms with Crippen LogP contribution < -0.4 is 10.1 Å². The smallest absolute Gasteiger partial charge is 0.234 e. The Morgan fingerprint density at radius 3 is 2.74 bits per heavy atom. The van der Waals surface area contributed by atoms with E-state index >= 15 is 0 Å². The van der Waals surface area contributed by atoms with Gasteiger partial charge in [0.15, 0.2) is 11.0 Å². The number of rotatable bonds is 8. The van der Waals surface area contributed by atoms with Crippen molar-refractivity contribution in [3.63, 3.8) is 0 Å². The molecule has 2 N–H and O–H groups in total. The second-order valence-electron chi connectivity index (χ2n) is 5.63. The molecule has 2 aromatic carbocycles. The number of para-hydroxylation sites is 1. The Morgan fingerprint density at radius 2 is 2.00 bits per heavy atom. The summed E-state index contributed by atoms with van der Waals surface area (Å²) in [6.07, 6.45) is 0. The number of benzene rings is 2. The van der Waals surface area contributed by atoms with Crippen LogP contribution in [0.3, 0.4) is 0 Å². The number of phenolic OH excluding ortho intramolecular Hbond substituents is 1. The van der Waals surface area contributed by atoms with E-state index in [9.17, 15) is 9.90 Å². The number of hydrogen-bond acceptors (Lipinski definition) is 6. The SMILES string of the molecule is CCn1c(COc2ccccc2)nnc1SCC(=O)Nc1cccc(O)c1. The van der Waals surface area contributed by atoms with Crippen LogP contribution in [0.1, 0.15) is 12.7 Å². The molecule has 0 aliphatic rings. The fraction of sp³-hybridized carbons (Fsp3) is 0.211. The first-order valence-corrected chi connectivity index (χ1v) is 9.46. The second kappa shape index (κ2) is 9.09. The maximum Gasteiger partial charge on any atom is 0.234 e. The van der Waals surface area contributed by atoms with Crippen molar-refractivity contribution in [1.29, 1.82) is 0 Å². The van der Waals surface area contributed by atoms with E-state index in [-0.39, 0.29) is 17.4 Å². The highest BCUT2D eigenvalue weighted by atomic mass is 32.2. The van der Waals surface area contributed by atoms with Crippen LogP contribution in [0.25, 0.3) is 0 Å². The van der Waals surface area contributed by atoms with Crippen LogP contribution in [0.15, 0.2) is 59.8 Å². The average molecular weight is 384 g/mol. The molecule has 8 heteroatoms. The zero-order valence-electron chi connectivity index (χ0n) is 14.8. The summed E-state index contributed by atoms with van der Waals surface area (Å²) >= 11 is 1.30. The number of carbonyl (C=O) groups excluding carboxylic acids is 1. The summed E-state index contributed by atoms with van der Waals surface area (Å²) in [5.74, 6) is 1.58. The van der Waals surface area contributed by atoms with Crippen molar-refractivity contribution in [3.8, 4) is 11.5 Å². The molecule has 0 aliphatic heterocycles. The molecule has 7 nitrogen and oxygen atoms in total. The lowest BCUT2D eigenvalue weighted by atomic mass is 10.3. The predicted octanol–water partition coefficient (Wildman–Crippen LogP) is 3.31. The van der Waals surface area contributed by atoms with E-state index in [0.717, 1.165) is 5.75 Å². The van der Waals surface area contributed by atoms with Crippen molar-refractivity contribution < 1.29 is 14.6 Å². The highest BCUT2D eigenvalue weighted by molar-refractivity contribution is 7.99. The number of nitrogens with one attached hydrogen (secondary N) is 1. The number of amides is 1. The molecule has 1 aromatic heterocycles. The van der Waals surface area contributed by atoms with Crippen molar-refractivity contribution in [2.24, 2.45) is 0 Å². The molecule has 0 bridgehead atoms. The molecule has 0 aliphatic carbocycles. The summed E-state index contributed by atoms with van der Waals surface area (Å²) in [5.41, 5.74) is 0.550. The fourth-order valence-electron chi connectivity index (χ4n) is 2.43. The molecule has 1 amide bonds. The van der Waals surface area contributed by atoms with Crippen LogP contribution in [0.4, 0.5) is 5.69 Å². The molecule has 1 heterocycles. The number of hydrogen-bond donors (Lipinski definition) is 2. The predicted molar refractivity (Wildman–Crippen MR) is 104 cm³/mol. The Hall–Kier alpha value is -3.00. The van der Waals surface area contributed by atoms with Gasteiger partial charge < -0.3 is 19.7 Å². The fourth-order valence-corrected chi connectivity index (χ4v) is 3.25. The number of aromatic hydroxyl groups is 1. The third-order valence-corrected chi connectivity index (χ3v) is 4.65. The molecule has 140 valence electrons. The van der Waals surface area contributed by atoms with E-state index in [1.54, 1.807) is 18.2 Å². The van der Waals surface area contributed by atoms with Crippen molar-refractivity contribution in [2.45, 2.75) is 25.2 Å². The van der Waals surface area contributed by atoms with Crippen LogP contribution in [0.2, 0.25) is 0 Å².